The summed E-state index contributed by atoms with van der Waals surface area (Å²) in [4.78, 5) is 12.0. The lowest BCUT2D eigenvalue weighted by Gasteiger charge is -2.22. The average molecular weight is 312 g/mol. The summed E-state index contributed by atoms with van der Waals surface area (Å²) in [5.74, 6) is 0.271. The fourth-order valence-electron chi connectivity index (χ4n) is 3.34. The van der Waals surface area contributed by atoms with Crippen LogP contribution in [0, 0.1) is 0 Å². The molecule has 122 valence electrons. The van der Waals surface area contributed by atoms with Gasteiger partial charge in [-0.05, 0) is 47.7 Å². The van der Waals surface area contributed by atoms with Crippen molar-refractivity contribution >= 4 is 16.8 Å². The number of carbonyl (C=O) groups is 1. The van der Waals surface area contributed by atoms with E-state index in [-0.39, 0.29) is 11.8 Å². The van der Waals surface area contributed by atoms with E-state index < -0.39 is 0 Å². The zero-order valence-electron chi connectivity index (χ0n) is 13.3. The summed E-state index contributed by atoms with van der Waals surface area (Å²) in [6.45, 7) is 0.591. The highest BCUT2D eigenvalue weighted by molar-refractivity contribution is 5.87. The van der Waals surface area contributed by atoms with Crippen molar-refractivity contribution in [1.82, 2.24) is 10.6 Å². The van der Waals surface area contributed by atoms with E-state index in [1.165, 1.54) is 19.3 Å². The molecule has 2 amide bonds. The Labute approximate surface area is 136 Å². The molecule has 0 radical (unpaired) electrons. The molecule has 1 aliphatic rings. The van der Waals surface area contributed by atoms with E-state index in [0.29, 0.717) is 12.6 Å². The van der Waals surface area contributed by atoms with Crippen molar-refractivity contribution in [2.24, 2.45) is 0 Å². The minimum absolute atomic E-state index is 0.0695. The highest BCUT2D eigenvalue weighted by Gasteiger charge is 2.15. The molecule has 4 nitrogen and oxygen atoms in total. The second-order valence-electron chi connectivity index (χ2n) is 6.31. The number of hydrogen-bond acceptors (Lipinski definition) is 2. The lowest BCUT2D eigenvalue weighted by molar-refractivity contribution is 0.233. The molecule has 3 N–H and O–H groups in total. The van der Waals surface area contributed by atoms with Crippen molar-refractivity contribution in [1.29, 1.82) is 0 Å². The van der Waals surface area contributed by atoms with E-state index in [2.05, 4.69) is 10.6 Å². The van der Waals surface area contributed by atoms with Crippen LogP contribution in [0.25, 0.3) is 10.8 Å². The summed E-state index contributed by atoms with van der Waals surface area (Å²) < 4.78 is 0. The third-order valence-electron chi connectivity index (χ3n) is 4.58. The smallest absolute Gasteiger partial charge is 0.315 e. The SMILES string of the molecule is O=C(NCCc1cccc2ccc(O)cc12)NC1CCCCC1. The van der Waals surface area contributed by atoms with E-state index in [0.717, 1.165) is 35.6 Å². The van der Waals surface area contributed by atoms with Crippen molar-refractivity contribution < 1.29 is 9.90 Å². The number of benzene rings is 2. The molecular formula is C19H24N2O2. The highest BCUT2D eigenvalue weighted by atomic mass is 16.3. The van der Waals surface area contributed by atoms with Gasteiger partial charge in [-0.2, -0.15) is 0 Å². The largest absolute Gasteiger partial charge is 0.508 e. The predicted molar refractivity (Wildman–Crippen MR) is 92.7 cm³/mol. The van der Waals surface area contributed by atoms with E-state index in [4.69, 9.17) is 0 Å². The molecule has 23 heavy (non-hydrogen) atoms. The number of carbonyl (C=O) groups excluding carboxylic acids is 1. The number of aromatic hydroxyl groups is 1. The Balaban J connectivity index is 1.54. The topological polar surface area (TPSA) is 61.4 Å². The third kappa shape index (κ3) is 4.15. The number of phenolic OH excluding ortho intramolecular Hbond substituents is 1. The number of rotatable bonds is 4. The minimum Gasteiger partial charge on any atom is -0.508 e. The summed E-state index contributed by atoms with van der Waals surface area (Å²) in [7, 11) is 0. The second kappa shape index (κ2) is 7.36. The Morgan fingerprint density at radius 2 is 1.96 bits per heavy atom. The number of hydrogen-bond donors (Lipinski definition) is 3. The van der Waals surface area contributed by atoms with Gasteiger partial charge in [0.25, 0.3) is 0 Å². The molecule has 2 aromatic rings. The van der Waals surface area contributed by atoms with Crippen LogP contribution < -0.4 is 10.6 Å². The average Bonchev–Trinajstić information content (AvgIpc) is 2.56. The van der Waals surface area contributed by atoms with Gasteiger partial charge in [0.2, 0.25) is 0 Å². The zero-order chi connectivity index (χ0) is 16.1. The van der Waals surface area contributed by atoms with Gasteiger partial charge in [0.1, 0.15) is 5.75 Å². The van der Waals surface area contributed by atoms with E-state index >= 15 is 0 Å². The van der Waals surface area contributed by atoms with Gasteiger partial charge in [-0.25, -0.2) is 4.79 Å². The maximum Gasteiger partial charge on any atom is 0.315 e. The summed E-state index contributed by atoms with van der Waals surface area (Å²) >= 11 is 0. The lowest BCUT2D eigenvalue weighted by atomic mass is 9.96. The molecule has 0 aromatic heterocycles. The lowest BCUT2D eigenvalue weighted by Crippen LogP contribution is -2.43. The fourth-order valence-corrected chi connectivity index (χ4v) is 3.34. The van der Waals surface area contributed by atoms with Gasteiger partial charge in [0.15, 0.2) is 0 Å². The summed E-state index contributed by atoms with van der Waals surface area (Å²) in [6.07, 6.45) is 6.65. The van der Waals surface area contributed by atoms with Gasteiger partial charge in [-0.3, -0.25) is 0 Å². The first-order valence-corrected chi connectivity index (χ1v) is 8.47. The number of fused-ring (bicyclic) bond motifs is 1. The molecule has 3 rings (SSSR count). The van der Waals surface area contributed by atoms with Gasteiger partial charge in [0, 0.05) is 12.6 Å². The van der Waals surface area contributed by atoms with Crippen LogP contribution >= 0.6 is 0 Å². The van der Waals surface area contributed by atoms with Crippen LogP contribution in [0.1, 0.15) is 37.7 Å². The molecular weight excluding hydrogens is 288 g/mol. The summed E-state index contributed by atoms with van der Waals surface area (Å²) in [5.41, 5.74) is 1.14. The van der Waals surface area contributed by atoms with Gasteiger partial charge < -0.3 is 15.7 Å². The Morgan fingerprint density at radius 3 is 2.78 bits per heavy atom. The van der Waals surface area contributed by atoms with Crippen molar-refractivity contribution in [2.75, 3.05) is 6.54 Å². The maximum atomic E-state index is 12.0. The molecule has 0 aliphatic heterocycles. The number of nitrogens with one attached hydrogen (secondary N) is 2. The Kier molecular flexibility index (Phi) is 5.01. The molecule has 1 saturated carbocycles. The summed E-state index contributed by atoms with van der Waals surface area (Å²) in [6, 6.07) is 11.7. The molecule has 1 fully saturated rings. The van der Waals surface area contributed by atoms with Crippen molar-refractivity contribution in [3.8, 4) is 5.75 Å². The van der Waals surface area contributed by atoms with Crippen LogP contribution in [0.15, 0.2) is 36.4 Å². The van der Waals surface area contributed by atoms with Crippen LogP contribution in [0.2, 0.25) is 0 Å². The molecule has 0 heterocycles. The number of amides is 2. The van der Waals surface area contributed by atoms with Gasteiger partial charge in [-0.1, -0.05) is 43.5 Å². The number of phenols is 1. The van der Waals surface area contributed by atoms with Gasteiger partial charge >= 0.3 is 6.03 Å². The fraction of sp³-hybridized carbons (Fsp3) is 0.421. The molecule has 2 aromatic carbocycles. The Morgan fingerprint density at radius 1 is 1.13 bits per heavy atom. The van der Waals surface area contributed by atoms with Crippen LogP contribution in [0.3, 0.4) is 0 Å². The van der Waals surface area contributed by atoms with E-state index in [9.17, 15) is 9.90 Å². The second-order valence-corrected chi connectivity index (χ2v) is 6.31. The van der Waals surface area contributed by atoms with Crippen LogP contribution in [-0.2, 0) is 6.42 Å². The number of urea groups is 1. The van der Waals surface area contributed by atoms with Gasteiger partial charge in [-0.15, -0.1) is 0 Å². The normalized spacial score (nSPS) is 15.5. The predicted octanol–water partition coefficient (Wildman–Crippen LogP) is 3.72. The summed E-state index contributed by atoms with van der Waals surface area (Å²) in [5, 5.41) is 17.8. The standard InChI is InChI=1S/C19H24N2O2/c22-17-10-9-14-5-4-6-15(18(14)13-17)11-12-20-19(23)21-16-7-2-1-3-8-16/h4-6,9-10,13,16,22H,1-3,7-8,11-12H2,(H2,20,21,23). The molecule has 0 spiro atoms. The van der Waals surface area contributed by atoms with Crippen molar-refractivity contribution in [2.45, 2.75) is 44.6 Å². The zero-order valence-corrected chi connectivity index (χ0v) is 13.3. The van der Waals surface area contributed by atoms with Crippen LogP contribution in [-0.4, -0.2) is 23.7 Å². The van der Waals surface area contributed by atoms with Gasteiger partial charge in [0.05, 0.1) is 0 Å². The van der Waals surface area contributed by atoms with E-state index in [1.807, 2.05) is 24.3 Å². The molecule has 0 atom stereocenters. The van der Waals surface area contributed by atoms with Crippen LogP contribution in [0.4, 0.5) is 4.79 Å². The van der Waals surface area contributed by atoms with Crippen molar-refractivity contribution in [3.63, 3.8) is 0 Å². The molecule has 4 heteroatoms. The first-order chi connectivity index (χ1) is 11.2. The quantitative estimate of drug-likeness (QED) is 0.806. The third-order valence-corrected chi connectivity index (χ3v) is 4.58. The Bertz CT molecular complexity index is 678. The monoisotopic (exact) mass is 312 g/mol. The van der Waals surface area contributed by atoms with Crippen molar-refractivity contribution in [3.05, 3.63) is 42.0 Å². The minimum atomic E-state index is -0.0695. The van der Waals surface area contributed by atoms with Crippen LogP contribution in [0.5, 0.6) is 5.75 Å². The van der Waals surface area contributed by atoms with E-state index in [1.54, 1.807) is 12.1 Å². The highest BCUT2D eigenvalue weighted by Crippen LogP contribution is 2.23. The first kappa shape index (κ1) is 15.7. The molecule has 0 bridgehead atoms. The molecule has 1 aliphatic carbocycles. The Hall–Kier alpha value is -2.23. The first-order valence-electron chi connectivity index (χ1n) is 8.47. The molecule has 0 saturated heterocycles. The maximum absolute atomic E-state index is 12.0. The molecule has 0 unspecified atom stereocenters.